The van der Waals surface area contributed by atoms with Gasteiger partial charge in [0.2, 0.25) is 5.95 Å². The molecule has 0 aliphatic carbocycles. The third-order valence-electron chi connectivity index (χ3n) is 6.10. The van der Waals surface area contributed by atoms with Crippen LogP contribution in [0.1, 0.15) is 27.7 Å². The van der Waals surface area contributed by atoms with Crippen LogP contribution in [0.4, 0.5) is 17.5 Å². The summed E-state index contributed by atoms with van der Waals surface area (Å²) in [6.07, 6.45) is 7.28. The first-order valence-electron chi connectivity index (χ1n) is 12.1. The topological polar surface area (TPSA) is 88.7 Å². The minimum absolute atomic E-state index is 0.470. The van der Waals surface area contributed by atoms with Crippen molar-refractivity contribution in [1.82, 2.24) is 34.0 Å². The molecule has 2 N–H and O–H groups in total. The highest BCUT2D eigenvalue weighted by molar-refractivity contribution is 7.08. The minimum atomic E-state index is 0.470. The molecule has 5 aromatic rings. The zero-order chi connectivity index (χ0) is 25.1. The number of anilines is 3. The molecule has 0 saturated heterocycles. The summed E-state index contributed by atoms with van der Waals surface area (Å²) in [5, 5.41) is 11.0. The molecule has 9 nitrogen and oxygen atoms in total. The van der Waals surface area contributed by atoms with Gasteiger partial charge in [0.25, 0.3) is 0 Å². The summed E-state index contributed by atoms with van der Waals surface area (Å²) in [5.74, 6) is 1.24. The molecule has 0 aliphatic heterocycles. The Hall–Kier alpha value is -3.76. The van der Waals surface area contributed by atoms with Crippen molar-refractivity contribution >= 4 is 40.0 Å². The molecular formula is C26H31N9S. The van der Waals surface area contributed by atoms with E-state index in [0.29, 0.717) is 18.0 Å². The number of rotatable bonds is 10. The molecule has 0 amide bonds. The predicted octanol–water partition coefficient (Wildman–Crippen LogP) is 5.34. The molecule has 0 aliphatic rings. The molecule has 5 rings (SSSR count). The molecule has 186 valence electrons. The Morgan fingerprint density at radius 2 is 1.78 bits per heavy atom. The lowest BCUT2D eigenvalue weighted by molar-refractivity contribution is 0.182. The molecule has 0 atom stereocenters. The highest BCUT2D eigenvalue weighted by Crippen LogP contribution is 2.26. The maximum atomic E-state index is 4.84. The Bertz CT molecular complexity index is 1380. The molecular weight excluding hydrogens is 470 g/mol. The molecule has 10 heteroatoms. The number of hydrogen-bond acceptors (Lipinski definition) is 8. The molecule has 4 heterocycles. The van der Waals surface area contributed by atoms with Crippen LogP contribution in [-0.4, -0.2) is 59.1 Å². The van der Waals surface area contributed by atoms with Gasteiger partial charge in [-0.2, -0.15) is 21.3 Å². The van der Waals surface area contributed by atoms with Gasteiger partial charge in [0.1, 0.15) is 6.33 Å². The zero-order valence-corrected chi connectivity index (χ0v) is 21.8. The first kappa shape index (κ1) is 24.0. The van der Waals surface area contributed by atoms with Crippen molar-refractivity contribution in [1.29, 1.82) is 0 Å². The van der Waals surface area contributed by atoms with Gasteiger partial charge in [-0.3, -0.25) is 9.47 Å². The van der Waals surface area contributed by atoms with E-state index in [-0.39, 0.29) is 0 Å². The van der Waals surface area contributed by atoms with Gasteiger partial charge in [0.15, 0.2) is 17.0 Å². The van der Waals surface area contributed by atoms with Crippen molar-refractivity contribution in [3.63, 3.8) is 0 Å². The van der Waals surface area contributed by atoms with Gasteiger partial charge in [-0.15, -0.1) is 0 Å². The first-order valence-corrected chi connectivity index (χ1v) is 13.1. The largest absolute Gasteiger partial charge is 0.367 e. The first-order chi connectivity index (χ1) is 17.5. The fourth-order valence-electron chi connectivity index (χ4n) is 4.34. The van der Waals surface area contributed by atoms with Crippen LogP contribution in [0, 0.1) is 0 Å². The standard InChI is InChI=1S/C26H31N9S/c1-18(2)34(19(3)4)13-11-28-24-23-25(35(17-29-23)22-9-14-36-15-22)32-26(31-24)30-20-5-7-21(8-6-20)33-12-10-27-16-33/h5-10,12,14-19H,11,13H2,1-4H3,(H2,28,30,31,32). The van der Waals surface area contributed by atoms with Gasteiger partial charge in [0, 0.05) is 54.3 Å². The lowest BCUT2D eigenvalue weighted by Gasteiger charge is -2.30. The Morgan fingerprint density at radius 3 is 2.44 bits per heavy atom. The molecule has 0 spiro atoms. The van der Waals surface area contributed by atoms with Crippen LogP contribution in [-0.2, 0) is 0 Å². The number of aromatic nitrogens is 6. The smallest absolute Gasteiger partial charge is 0.231 e. The number of thiophene rings is 1. The second-order valence-corrected chi connectivity index (χ2v) is 9.94. The van der Waals surface area contributed by atoms with E-state index in [1.807, 2.05) is 45.9 Å². The van der Waals surface area contributed by atoms with Crippen molar-refractivity contribution in [2.45, 2.75) is 39.8 Å². The van der Waals surface area contributed by atoms with Crippen LogP contribution in [0.3, 0.4) is 0 Å². The minimum Gasteiger partial charge on any atom is -0.367 e. The Morgan fingerprint density at radius 1 is 0.972 bits per heavy atom. The van der Waals surface area contributed by atoms with E-state index in [9.17, 15) is 0 Å². The van der Waals surface area contributed by atoms with E-state index in [0.717, 1.165) is 47.1 Å². The molecule has 0 unspecified atom stereocenters. The SMILES string of the molecule is CC(C)N(CCNc1nc(Nc2ccc(-n3ccnc3)cc2)nc2c1ncn2-c1ccsc1)C(C)C. The number of benzene rings is 1. The second kappa shape index (κ2) is 10.5. The van der Waals surface area contributed by atoms with Crippen molar-refractivity contribution < 1.29 is 0 Å². The molecule has 0 fully saturated rings. The summed E-state index contributed by atoms with van der Waals surface area (Å²) in [5.41, 5.74) is 4.48. The summed E-state index contributed by atoms with van der Waals surface area (Å²) in [6, 6.07) is 11.1. The number of nitrogens with one attached hydrogen (secondary N) is 2. The van der Waals surface area contributed by atoms with E-state index in [4.69, 9.17) is 9.97 Å². The quantitative estimate of drug-likeness (QED) is 0.267. The van der Waals surface area contributed by atoms with Crippen LogP contribution < -0.4 is 10.6 Å². The Kier molecular flexibility index (Phi) is 6.97. The van der Waals surface area contributed by atoms with Crippen LogP contribution in [0.2, 0.25) is 0 Å². The monoisotopic (exact) mass is 501 g/mol. The predicted molar refractivity (Wildman–Crippen MR) is 147 cm³/mol. The normalized spacial score (nSPS) is 11.8. The maximum absolute atomic E-state index is 4.84. The number of fused-ring (bicyclic) bond motifs is 1. The molecule has 4 aromatic heterocycles. The summed E-state index contributed by atoms with van der Waals surface area (Å²) >= 11 is 1.64. The lowest BCUT2D eigenvalue weighted by atomic mass is 10.2. The van der Waals surface area contributed by atoms with Gasteiger partial charge in [0.05, 0.1) is 12.0 Å². The highest BCUT2D eigenvalue weighted by atomic mass is 32.1. The Labute approximate surface area is 214 Å². The Balaban J connectivity index is 1.44. The number of nitrogens with zero attached hydrogens (tertiary/aromatic N) is 7. The average molecular weight is 502 g/mol. The van der Waals surface area contributed by atoms with Crippen LogP contribution in [0.5, 0.6) is 0 Å². The number of hydrogen-bond donors (Lipinski definition) is 2. The molecule has 1 aromatic carbocycles. The van der Waals surface area contributed by atoms with Gasteiger partial charge < -0.3 is 15.2 Å². The highest BCUT2D eigenvalue weighted by Gasteiger charge is 2.17. The van der Waals surface area contributed by atoms with Crippen LogP contribution >= 0.6 is 11.3 Å². The summed E-state index contributed by atoms with van der Waals surface area (Å²) < 4.78 is 3.96. The van der Waals surface area contributed by atoms with E-state index >= 15 is 0 Å². The van der Waals surface area contributed by atoms with Gasteiger partial charge >= 0.3 is 0 Å². The molecule has 0 saturated carbocycles. The van der Waals surface area contributed by atoms with Crippen LogP contribution in [0.15, 0.2) is 66.1 Å². The average Bonchev–Trinajstić information content (AvgIpc) is 3.63. The third-order valence-corrected chi connectivity index (χ3v) is 6.77. The van der Waals surface area contributed by atoms with E-state index in [1.54, 1.807) is 23.9 Å². The second-order valence-electron chi connectivity index (χ2n) is 9.16. The van der Waals surface area contributed by atoms with E-state index in [1.165, 1.54) is 0 Å². The van der Waals surface area contributed by atoms with Gasteiger partial charge in [-0.25, -0.2) is 9.97 Å². The van der Waals surface area contributed by atoms with E-state index in [2.05, 4.69) is 70.0 Å². The fourth-order valence-corrected chi connectivity index (χ4v) is 4.96. The van der Waals surface area contributed by atoms with E-state index < -0.39 is 0 Å². The molecule has 0 bridgehead atoms. The van der Waals surface area contributed by atoms with Crippen molar-refractivity contribution in [3.8, 4) is 11.4 Å². The summed E-state index contributed by atoms with van der Waals surface area (Å²) in [4.78, 5) is 20.9. The zero-order valence-electron chi connectivity index (χ0n) is 21.0. The maximum Gasteiger partial charge on any atom is 0.231 e. The summed E-state index contributed by atoms with van der Waals surface area (Å²) in [6.45, 7) is 10.6. The van der Waals surface area contributed by atoms with Crippen molar-refractivity contribution in [2.24, 2.45) is 0 Å². The van der Waals surface area contributed by atoms with Crippen molar-refractivity contribution in [2.75, 3.05) is 23.7 Å². The fraction of sp³-hybridized carbons (Fsp3) is 0.308. The van der Waals surface area contributed by atoms with Gasteiger partial charge in [-0.1, -0.05) is 0 Å². The van der Waals surface area contributed by atoms with Crippen molar-refractivity contribution in [3.05, 3.63) is 66.1 Å². The lowest BCUT2D eigenvalue weighted by Crippen LogP contribution is -2.40. The molecule has 36 heavy (non-hydrogen) atoms. The molecule has 0 radical (unpaired) electrons. The third kappa shape index (κ3) is 5.09. The van der Waals surface area contributed by atoms with Crippen LogP contribution in [0.25, 0.3) is 22.5 Å². The number of imidazole rings is 2. The summed E-state index contributed by atoms with van der Waals surface area (Å²) in [7, 11) is 0. The van der Waals surface area contributed by atoms with Gasteiger partial charge in [-0.05, 0) is 63.4 Å².